The molecule has 0 amide bonds. The zero-order valence-electron chi connectivity index (χ0n) is 17.0. The molecule has 0 spiro atoms. The maximum Gasteiger partial charge on any atom is 0.336 e. The monoisotopic (exact) mass is 446 g/mol. The van der Waals surface area contributed by atoms with Crippen molar-refractivity contribution in [3.63, 3.8) is 0 Å². The first-order valence-electron chi connectivity index (χ1n) is 9.27. The molecule has 2 aromatic rings. The second kappa shape index (κ2) is 10.3. The third-order valence-electron chi connectivity index (χ3n) is 4.18. The van der Waals surface area contributed by atoms with Crippen LogP contribution in [0, 0.1) is 19.8 Å². The maximum absolute atomic E-state index is 12.2. The van der Waals surface area contributed by atoms with Gasteiger partial charge in [-0.1, -0.05) is 35.8 Å². The van der Waals surface area contributed by atoms with E-state index in [1.54, 1.807) is 13.2 Å². The van der Waals surface area contributed by atoms with Gasteiger partial charge in [0.2, 0.25) is 0 Å². The predicted octanol–water partition coefficient (Wildman–Crippen LogP) is 6.12. The minimum Gasteiger partial charge on any atom is -0.493 e. The largest absolute Gasteiger partial charge is 0.493 e. The predicted molar refractivity (Wildman–Crippen MR) is 116 cm³/mol. The van der Waals surface area contributed by atoms with Gasteiger partial charge in [-0.15, -0.1) is 0 Å². The molecule has 2 aromatic carbocycles. The molecule has 0 fully saturated rings. The third-order valence-corrected chi connectivity index (χ3v) is 4.64. The fraction of sp³-hybridized carbons (Fsp3) is 0.348. The van der Waals surface area contributed by atoms with Gasteiger partial charge in [0.1, 0.15) is 5.75 Å². The highest BCUT2D eigenvalue weighted by atomic mass is 79.9. The number of hydrogen-bond acceptors (Lipinski definition) is 4. The van der Waals surface area contributed by atoms with Crippen molar-refractivity contribution in [1.29, 1.82) is 0 Å². The van der Waals surface area contributed by atoms with Crippen molar-refractivity contribution in [3.8, 4) is 17.2 Å². The van der Waals surface area contributed by atoms with Gasteiger partial charge in [-0.2, -0.15) is 0 Å². The molecule has 0 unspecified atom stereocenters. The van der Waals surface area contributed by atoms with Crippen molar-refractivity contribution in [2.24, 2.45) is 5.92 Å². The van der Waals surface area contributed by atoms with Crippen LogP contribution in [0.25, 0.3) is 6.08 Å². The Balaban J connectivity index is 2.06. The van der Waals surface area contributed by atoms with E-state index in [1.165, 1.54) is 6.08 Å². The molecule has 28 heavy (non-hydrogen) atoms. The summed E-state index contributed by atoms with van der Waals surface area (Å²) >= 11 is 3.44. The minimum atomic E-state index is -0.426. The van der Waals surface area contributed by atoms with E-state index in [0.717, 1.165) is 27.6 Å². The van der Waals surface area contributed by atoms with Gasteiger partial charge in [0.05, 0.1) is 13.7 Å². The Labute approximate surface area is 175 Å². The average molecular weight is 447 g/mol. The van der Waals surface area contributed by atoms with Crippen molar-refractivity contribution >= 4 is 28.0 Å². The fourth-order valence-electron chi connectivity index (χ4n) is 2.67. The van der Waals surface area contributed by atoms with Crippen LogP contribution < -0.4 is 14.2 Å². The lowest BCUT2D eigenvalue weighted by Gasteiger charge is -2.12. The third kappa shape index (κ3) is 6.41. The highest BCUT2D eigenvalue weighted by Gasteiger charge is 2.10. The first-order chi connectivity index (χ1) is 13.3. The number of carbonyl (C=O) groups excluding carboxylic acids is 1. The first kappa shape index (κ1) is 22.0. The molecule has 0 atom stereocenters. The van der Waals surface area contributed by atoms with Crippen LogP contribution in [0.3, 0.4) is 0 Å². The smallest absolute Gasteiger partial charge is 0.336 e. The Morgan fingerprint density at radius 2 is 1.79 bits per heavy atom. The van der Waals surface area contributed by atoms with E-state index in [-0.39, 0.29) is 0 Å². The second-order valence-electron chi connectivity index (χ2n) is 7.06. The molecule has 0 N–H and O–H groups in total. The highest BCUT2D eigenvalue weighted by Crippen LogP contribution is 2.29. The number of ether oxygens (including phenoxy) is 3. The first-order valence-corrected chi connectivity index (χ1v) is 10.1. The van der Waals surface area contributed by atoms with Crippen LogP contribution in [0.5, 0.6) is 17.2 Å². The summed E-state index contributed by atoms with van der Waals surface area (Å²) < 4.78 is 17.7. The molecule has 0 aromatic heterocycles. The van der Waals surface area contributed by atoms with E-state index < -0.39 is 5.97 Å². The number of hydrogen-bond donors (Lipinski definition) is 0. The number of carbonyl (C=O) groups is 1. The summed E-state index contributed by atoms with van der Waals surface area (Å²) in [6.45, 7) is 8.77. The van der Waals surface area contributed by atoms with Gasteiger partial charge in [-0.25, -0.2) is 4.79 Å². The normalized spacial score (nSPS) is 11.1. The Morgan fingerprint density at radius 1 is 1.11 bits per heavy atom. The van der Waals surface area contributed by atoms with Crippen LogP contribution in [0.15, 0.2) is 40.9 Å². The molecule has 2 rings (SSSR count). The molecule has 0 aliphatic rings. The highest BCUT2D eigenvalue weighted by molar-refractivity contribution is 9.10. The van der Waals surface area contributed by atoms with Gasteiger partial charge >= 0.3 is 5.97 Å². The molecular weight excluding hydrogens is 420 g/mol. The molecule has 0 bridgehead atoms. The summed E-state index contributed by atoms with van der Waals surface area (Å²) in [7, 11) is 1.60. The summed E-state index contributed by atoms with van der Waals surface area (Å²) in [5.41, 5.74) is 2.63. The van der Waals surface area contributed by atoms with E-state index >= 15 is 0 Å². The fourth-order valence-corrected chi connectivity index (χ4v) is 3.36. The van der Waals surface area contributed by atoms with Crippen LogP contribution in [0.4, 0.5) is 0 Å². The molecule has 5 heteroatoms. The molecule has 4 nitrogen and oxygen atoms in total. The van der Waals surface area contributed by atoms with Crippen molar-refractivity contribution in [2.75, 3.05) is 13.7 Å². The number of aryl methyl sites for hydroxylation is 2. The molecule has 0 saturated carbocycles. The SMILES string of the molecule is COc1cc(/C=C/C(=O)Oc2c(C)cc(Br)cc2C)ccc1OCCC(C)C. The zero-order valence-corrected chi connectivity index (χ0v) is 18.6. The van der Waals surface area contributed by atoms with Crippen molar-refractivity contribution < 1.29 is 19.0 Å². The zero-order chi connectivity index (χ0) is 20.7. The van der Waals surface area contributed by atoms with E-state index in [2.05, 4.69) is 29.8 Å². The van der Waals surface area contributed by atoms with E-state index in [0.29, 0.717) is 29.8 Å². The molecule has 0 aliphatic carbocycles. The van der Waals surface area contributed by atoms with E-state index in [1.807, 2.05) is 44.2 Å². The summed E-state index contributed by atoms with van der Waals surface area (Å²) in [6.07, 6.45) is 4.09. The number of methoxy groups -OCH3 is 1. The Bertz CT molecular complexity index is 833. The summed E-state index contributed by atoms with van der Waals surface area (Å²) in [6, 6.07) is 9.41. The molecule has 0 aliphatic heterocycles. The second-order valence-corrected chi connectivity index (χ2v) is 7.98. The van der Waals surface area contributed by atoms with Crippen LogP contribution in [-0.2, 0) is 4.79 Å². The molecule has 0 saturated heterocycles. The Kier molecular flexibility index (Phi) is 8.12. The van der Waals surface area contributed by atoms with Gasteiger partial charge in [0.25, 0.3) is 0 Å². The van der Waals surface area contributed by atoms with Gasteiger partial charge in [-0.3, -0.25) is 0 Å². The van der Waals surface area contributed by atoms with Crippen LogP contribution in [0.2, 0.25) is 0 Å². The van der Waals surface area contributed by atoms with Gasteiger partial charge in [0.15, 0.2) is 11.5 Å². The lowest BCUT2D eigenvalue weighted by atomic mass is 10.1. The van der Waals surface area contributed by atoms with Crippen LogP contribution in [0.1, 0.15) is 37.0 Å². The molecule has 150 valence electrons. The number of esters is 1. The number of benzene rings is 2. The van der Waals surface area contributed by atoms with Gasteiger partial charge in [-0.05, 0) is 73.2 Å². The molecule has 0 heterocycles. The van der Waals surface area contributed by atoms with Crippen molar-refractivity contribution in [3.05, 3.63) is 57.6 Å². The Hall–Kier alpha value is -2.27. The maximum atomic E-state index is 12.2. The lowest BCUT2D eigenvalue weighted by Crippen LogP contribution is -2.06. The quantitative estimate of drug-likeness (QED) is 0.278. The van der Waals surface area contributed by atoms with Crippen molar-refractivity contribution in [2.45, 2.75) is 34.1 Å². The lowest BCUT2D eigenvalue weighted by molar-refractivity contribution is -0.129. The van der Waals surface area contributed by atoms with Crippen LogP contribution in [-0.4, -0.2) is 19.7 Å². The van der Waals surface area contributed by atoms with E-state index in [4.69, 9.17) is 14.2 Å². The average Bonchev–Trinajstić information content (AvgIpc) is 2.63. The summed E-state index contributed by atoms with van der Waals surface area (Å²) in [5, 5.41) is 0. The summed E-state index contributed by atoms with van der Waals surface area (Å²) in [4.78, 5) is 12.2. The standard InChI is InChI=1S/C23H27BrO4/c1-15(2)10-11-27-20-8-6-18(14-21(20)26-5)7-9-22(25)28-23-16(3)12-19(24)13-17(23)4/h6-9,12-15H,10-11H2,1-5H3/b9-7+. The minimum absolute atomic E-state index is 0.426. The van der Waals surface area contributed by atoms with Crippen molar-refractivity contribution in [1.82, 2.24) is 0 Å². The molecular formula is C23H27BrO4. The van der Waals surface area contributed by atoms with Crippen LogP contribution >= 0.6 is 15.9 Å². The molecule has 0 radical (unpaired) electrons. The van der Waals surface area contributed by atoms with E-state index in [9.17, 15) is 4.79 Å². The topological polar surface area (TPSA) is 44.8 Å². The van der Waals surface area contributed by atoms with Gasteiger partial charge in [0, 0.05) is 10.5 Å². The summed E-state index contributed by atoms with van der Waals surface area (Å²) in [5.74, 6) is 2.08. The Morgan fingerprint density at radius 3 is 2.39 bits per heavy atom. The van der Waals surface area contributed by atoms with Gasteiger partial charge < -0.3 is 14.2 Å². The number of rotatable bonds is 8. The number of halogens is 1.